The monoisotopic (exact) mass is 1030 g/mol. The topological polar surface area (TPSA) is 75.6 Å². The first-order valence-corrected chi connectivity index (χ1v) is 28.4. The minimum atomic E-state index is -0.604. The maximum atomic E-state index is 13.4. The Bertz CT molecular complexity index is 822. The van der Waals surface area contributed by atoms with E-state index in [1.807, 2.05) is 18.9 Å². The molecule has 0 saturated heterocycles. The molecule has 0 fully saturated rings. The van der Waals surface area contributed by atoms with Crippen LogP contribution < -0.4 is 28.8 Å². The van der Waals surface area contributed by atoms with Crippen molar-refractivity contribution in [2.45, 2.75) is 26.7 Å². The number of nitrogens with two attached hydrogens (primary N) is 1. The summed E-state index contributed by atoms with van der Waals surface area (Å²) in [6.07, 6.45) is 1.90. The number of benzene rings is 2. The summed E-state index contributed by atoms with van der Waals surface area (Å²) >= 11 is 9.54. The molecule has 6 nitrogen and oxygen atoms in total. The molecule has 0 aromatic heterocycles. The van der Waals surface area contributed by atoms with Crippen molar-refractivity contribution in [3.8, 4) is 0 Å². The molecule has 0 bridgehead atoms. The summed E-state index contributed by atoms with van der Waals surface area (Å²) in [5, 5.41) is 10.4. The van der Waals surface area contributed by atoms with E-state index in [2.05, 4.69) is 81.4 Å². The van der Waals surface area contributed by atoms with Crippen LogP contribution in [0.15, 0.2) is 36.4 Å². The van der Waals surface area contributed by atoms with Gasteiger partial charge in [-0.2, -0.15) is 0 Å². The number of hydrogen-bond donors (Lipinski definition) is 1. The van der Waals surface area contributed by atoms with Crippen molar-refractivity contribution in [2.75, 3.05) is 42.7 Å². The Kier molecular flexibility index (Phi) is 23.9. The zero-order valence-corrected chi connectivity index (χ0v) is 29.5. The van der Waals surface area contributed by atoms with Crippen LogP contribution in [0.3, 0.4) is 0 Å². The number of nitrogen functional groups attached to an aromatic ring is 1. The van der Waals surface area contributed by atoms with Crippen LogP contribution in [0.1, 0.15) is 26.7 Å². The van der Waals surface area contributed by atoms with Crippen molar-refractivity contribution in [2.24, 2.45) is 0 Å². The third-order valence-corrected chi connectivity index (χ3v) is 4.05. The molecular weight excluding hydrogens is 1000 g/mol. The first kappa shape index (κ1) is 35.9. The molecule has 0 aliphatic heterocycles. The van der Waals surface area contributed by atoms with Crippen LogP contribution in [0.2, 0.25) is 0 Å². The predicted molar refractivity (Wildman–Crippen MR) is 167 cm³/mol. The van der Waals surface area contributed by atoms with E-state index in [1.54, 1.807) is 24.1 Å². The van der Waals surface area contributed by atoms with Gasteiger partial charge in [-0.3, -0.25) is 10.1 Å². The summed E-state index contributed by atoms with van der Waals surface area (Å²) in [5.41, 5.74) is 6.68. The van der Waals surface area contributed by atoms with Gasteiger partial charge in [0.2, 0.25) is 0 Å². The molecule has 190 valence electrons. The zero-order valence-electron chi connectivity index (χ0n) is 18.7. The van der Waals surface area contributed by atoms with Gasteiger partial charge in [-0.25, -0.2) is 8.78 Å². The maximum absolute atomic E-state index is 13.4. The van der Waals surface area contributed by atoms with Crippen LogP contribution in [-0.4, -0.2) is 32.1 Å². The average molecular weight is 1030 g/mol. The number of nitrogens with zero attached hydrogens (tertiary/aromatic N) is 3. The Labute approximate surface area is 248 Å². The van der Waals surface area contributed by atoms with E-state index in [9.17, 15) is 18.9 Å². The summed E-state index contributed by atoms with van der Waals surface area (Å²) < 4.78 is 26.7. The fourth-order valence-electron chi connectivity index (χ4n) is 2.66. The minimum absolute atomic E-state index is 0.221. The molecule has 0 aliphatic rings. The Hall–Kier alpha value is 0.750. The van der Waals surface area contributed by atoms with E-state index < -0.39 is 10.7 Å². The van der Waals surface area contributed by atoms with Gasteiger partial charge < -0.3 is 15.5 Å². The molecule has 0 amide bonds. The van der Waals surface area contributed by atoms with Crippen molar-refractivity contribution >= 4 is 97.2 Å². The van der Waals surface area contributed by atoms with Crippen LogP contribution in [0.25, 0.3) is 0 Å². The van der Waals surface area contributed by atoms with Crippen LogP contribution in [0.4, 0.5) is 31.5 Å². The van der Waals surface area contributed by atoms with E-state index in [1.165, 1.54) is 18.2 Å². The molecule has 0 atom stereocenters. The SMILES string of the molecule is CCCN(C)c1ccc(N)cc1F.CCCN(C)c1ccc([N+](=O)[O-])cc1F.II.I[I-]I. The summed E-state index contributed by atoms with van der Waals surface area (Å²) in [4.78, 5) is 13.4. The molecule has 2 rings (SSSR count). The van der Waals surface area contributed by atoms with Crippen molar-refractivity contribution in [3.05, 3.63) is 58.1 Å². The summed E-state index contributed by atoms with van der Waals surface area (Å²) in [6, 6.07) is 8.46. The fourth-order valence-corrected chi connectivity index (χ4v) is 2.66. The first-order chi connectivity index (χ1) is 15.6. The van der Waals surface area contributed by atoms with Crippen LogP contribution in [0.5, 0.6) is 0 Å². The number of non-ortho nitro benzene ring substituents is 1. The molecule has 0 unspecified atom stereocenters. The number of anilines is 3. The third kappa shape index (κ3) is 15.5. The van der Waals surface area contributed by atoms with Gasteiger partial charge in [-0.15, -0.1) is 0 Å². The molecule has 2 aromatic carbocycles. The number of hydrogen-bond acceptors (Lipinski definition) is 5. The molecule has 2 N–H and O–H groups in total. The fraction of sp³-hybridized carbons (Fsp3) is 0.400. The van der Waals surface area contributed by atoms with Crippen molar-refractivity contribution in [1.82, 2.24) is 0 Å². The Morgan fingerprint density at radius 2 is 1.33 bits per heavy atom. The number of nitro groups is 1. The molecule has 0 saturated carbocycles. The standard InChI is InChI=1S/C10H13FN2O2.C10H15FN2.I3.I2/c1-3-6-12(2)10-5-4-8(13(14)15)7-9(10)11;1-3-6-13(2)10-5-4-8(12)7-9(10)11;1-3-2;1-2/h4-5,7H,3,6H2,1-2H3;4-5,7H,3,6,12H2,1-2H3;;/q;;-1;. The van der Waals surface area contributed by atoms with Gasteiger partial charge >= 0.3 is 50.5 Å². The van der Waals surface area contributed by atoms with Crippen molar-refractivity contribution in [3.63, 3.8) is 0 Å². The summed E-state index contributed by atoms with van der Waals surface area (Å²) in [6.45, 7) is 5.61. The van der Waals surface area contributed by atoms with Gasteiger partial charge in [0.05, 0.1) is 22.4 Å². The second kappa shape index (κ2) is 22.0. The van der Waals surface area contributed by atoms with Gasteiger partial charge in [0.25, 0.3) is 5.69 Å². The van der Waals surface area contributed by atoms with E-state index in [-0.39, 0.29) is 11.5 Å². The first-order valence-electron chi connectivity index (χ1n) is 9.55. The Morgan fingerprint density at radius 3 is 1.67 bits per heavy atom. The van der Waals surface area contributed by atoms with Gasteiger partial charge in [0.1, 0.15) is 5.82 Å². The van der Waals surface area contributed by atoms with E-state index >= 15 is 0 Å². The molecular formula is C20H28F2I5N4O2-. The van der Waals surface area contributed by atoms with Crippen LogP contribution in [0, 0.1) is 21.7 Å². The quantitative estimate of drug-likeness (QED) is 0.175. The molecule has 13 heteroatoms. The van der Waals surface area contributed by atoms with Crippen molar-refractivity contribution < 1.29 is 27.0 Å². The molecule has 33 heavy (non-hydrogen) atoms. The number of rotatable bonds is 7. The van der Waals surface area contributed by atoms with Gasteiger partial charge in [-0.05, 0) is 37.1 Å². The van der Waals surface area contributed by atoms with Gasteiger partial charge in [0, 0.05) is 76.2 Å². The average Bonchev–Trinajstić information content (AvgIpc) is 2.76. The van der Waals surface area contributed by atoms with Crippen LogP contribution >= 0.6 is 74.5 Å². The Morgan fingerprint density at radius 1 is 0.939 bits per heavy atom. The zero-order chi connectivity index (χ0) is 26.0. The number of nitro benzene ring substituents is 1. The molecule has 0 aliphatic carbocycles. The van der Waals surface area contributed by atoms with E-state index in [4.69, 9.17) is 5.73 Å². The Balaban J connectivity index is 0. The van der Waals surface area contributed by atoms with E-state index in [0.29, 0.717) is 36.9 Å². The molecule has 0 radical (unpaired) electrons. The molecule has 2 aromatic rings. The van der Waals surface area contributed by atoms with Crippen molar-refractivity contribution in [1.29, 1.82) is 0 Å². The van der Waals surface area contributed by atoms with Gasteiger partial charge in [0.15, 0.2) is 5.82 Å². The normalized spacial score (nSPS) is 9.39. The molecule has 0 heterocycles. The molecule has 0 spiro atoms. The second-order valence-corrected chi connectivity index (χ2v) is 22.7. The van der Waals surface area contributed by atoms with E-state index in [0.717, 1.165) is 25.5 Å². The number of halogens is 7. The summed E-state index contributed by atoms with van der Waals surface area (Å²) in [7, 11) is 3.63. The second-order valence-electron chi connectivity index (χ2n) is 6.50. The third-order valence-electron chi connectivity index (χ3n) is 4.05. The van der Waals surface area contributed by atoms with Crippen LogP contribution in [-0.2, 0) is 0 Å². The van der Waals surface area contributed by atoms with Gasteiger partial charge in [-0.1, -0.05) is 13.8 Å². The summed E-state index contributed by atoms with van der Waals surface area (Å²) in [5.74, 6) is -0.809. The predicted octanol–water partition coefficient (Wildman–Crippen LogP) is 5.38.